The number of aryl methyl sites for hydroxylation is 2. The van der Waals surface area contributed by atoms with E-state index in [9.17, 15) is 4.79 Å². The highest BCUT2D eigenvalue weighted by Crippen LogP contribution is 2.25. The lowest BCUT2D eigenvalue weighted by Crippen LogP contribution is -2.40. The summed E-state index contributed by atoms with van der Waals surface area (Å²) in [6.07, 6.45) is 4.34. The van der Waals surface area contributed by atoms with Gasteiger partial charge in [-0.25, -0.2) is 4.98 Å². The fraction of sp³-hybridized carbons (Fsp3) is 0.733. The predicted molar refractivity (Wildman–Crippen MR) is 80.8 cm³/mol. The maximum absolute atomic E-state index is 12.0. The van der Waals surface area contributed by atoms with Crippen LogP contribution in [-0.4, -0.2) is 34.9 Å². The van der Waals surface area contributed by atoms with Crippen LogP contribution in [-0.2, 0) is 11.3 Å². The molecule has 1 aliphatic carbocycles. The van der Waals surface area contributed by atoms with Gasteiger partial charge in [0.15, 0.2) is 0 Å². The van der Waals surface area contributed by atoms with Crippen LogP contribution in [0.25, 0.3) is 0 Å². The first-order valence-corrected chi connectivity index (χ1v) is 8.39. The molecule has 2 fully saturated rings. The van der Waals surface area contributed by atoms with Crippen molar-refractivity contribution >= 4 is 17.2 Å². The molecule has 1 aromatic heterocycles. The molecule has 2 heterocycles. The van der Waals surface area contributed by atoms with Crippen LogP contribution in [0.1, 0.15) is 41.3 Å². The first kappa shape index (κ1) is 14.0. The average Bonchev–Trinajstić information content (AvgIpc) is 3.16. The van der Waals surface area contributed by atoms with Gasteiger partial charge < -0.3 is 5.32 Å². The zero-order chi connectivity index (χ0) is 14.1. The van der Waals surface area contributed by atoms with Gasteiger partial charge in [0, 0.05) is 23.4 Å². The normalized spacial score (nSPS) is 21.1. The van der Waals surface area contributed by atoms with Crippen molar-refractivity contribution in [3.8, 4) is 0 Å². The summed E-state index contributed by atoms with van der Waals surface area (Å²) < 4.78 is 0. The number of nitrogens with one attached hydrogen (secondary N) is 1. The van der Waals surface area contributed by atoms with Crippen LogP contribution in [0.4, 0.5) is 0 Å². The Morgan fingerprint density at radius 2 is 2.00 bits per heavy atom. The number of nitrogens with zero attached hydrogens (tertiary/aromatic N) is 2. The molecule has 1 amide bonds. The van der Waals surface area contributed by atoms with Crippen molar-refractivity contribution in [2.75, 3.05) is 13.1 Å². The molecule has 2 aliphatic rings. The standard InChI is InChI=1S/C15H23N3OS/c1-10-14(20-11(2)16-10)9-18-7-5-12(6-8-18)15(19)17-13-3-4-13/h12-13H,3-9H2,1-2H3,(H,17,19). The van der Waals surface area contributed by atoms with Crippen molar-refractivity contribution in [3.63, 3.8) is 0 Å². The second kappa shape index (κ2) is 5.82. The highest BCUT2D eigenvalue weighted by Gasteiger charge is 2.30. The number of carbonyl (C=O) groups excluding carboxylic acids is 1. The van der Waals surface area contributed by atoms with E-state index in [4.69, 9.17) is 0 Å². The average molecular weight is 293 g/mol. The lowest BCUT2D eigenvalue weighted by molar-refractivity contribution is -0.126. The summed E-state index contributed by atoms with van der Waals surface area (Å²) in [5, 5.41) is 4.28. The molecule has 1 aliphatic heterocycles. The highest BCUT2D eigenvalue weighted by atomic mass is 32.1. The van der Waals surface area contributed by atoms with Gasteiger partial charge in [-0.3, -0.25) is 9.69 Å². The van der Waals surface area contributed by atoms with E-state index in [2.05, 4.69) is 29.0 Å². The van der Waals surface area contributed by atoms with Gasteiger partial charge in [0.25, 0.3) is 0 Å². The van der Waals surface area contributed by atoms with Gasteiger partial charge in [-0.1, -0.05) is 0 Å². The third-order valence-electron chi connectivity index (χ3n) is 4.25. The SMILES string of the molecule is Cc1nc(C)c(CN2CCC(C(=O)NC3CC3)CC2)s1. The molecule has 1 aromatic rings. The Morgan fingerprint density at radius 1 is 1.30 bits per heavy atom. The lowest BCUT2D eigenvalue weighted by Gasteiger charge is -2.31. The van der Waals surface area contributed by atoms with Crippen LogP contribution in [0.3, 0.4) is 0 Å². The molecule has 110 valence electrons. The minimum Gasteiger partial charge on any atom is -0.353 e. The van der Waals surface area contributed by atoms with Crippen LogP contribution in [0, 0.1) is 19.8 Å². The number of piperidine rings is 1. The quantitative estimate of drug-likeness (QED) is 0.926. The number of hydrogen-bond acceptors (Lipinski definition) is 4. The molecule has 0 bridgehead atoms. The van der Waals surface area contributed by atoms with Crippen molar-refractivity contribution < 1.29 is 4.79 Å². The van der Waals surface area contributed by atoms with Crippen LogP contribution >= 0.6 is 11.3 Å². The fourth-order valence-corrected chi connectivity index (χ4v) is 3.80. The van der Waals surface area contributed by atoms with Crippen LogP contribution in [0.2, 0.25) is 0 Å². The second-order valence-corrected chi connectivity index (χ2v) is 7.36. The molecule has 1 N–H and O–H groups in total. The number of carbonyl (C=O) groups is 1. The fourth-order valence-electron chi connectivity index (χ4n) is 2.82. The van der Waals surface area contributed by atoms with E-state index < -0.39 is 0 Å². The zero-order valence-electron chi connectivity index (χ0n) is 12.3. The number of thiazole rings is 1. The minimum absolute atomic E-state index is 0.233. The summed E-state index contributed by atoms with van der Waals surface area (Å²) in [6, 6.07) is 0.489. The van der Waals surface area contributed by atoms with Gasteiger partial charge in [0.05, 0.1) is 10.7 Å². The number of amides is 1. The molecular formula is C15H23N3OS. The Hall–Kier alpha value is -0.940. The molecule has 0 spiro atoms. The molecule has 3 rings (SSSR count). The molecule has 5 heteroatoms. The topological polar surface area (TPSA) is 45.2 Å². The molecule has 0 unspecified atom stereocenters. The van der Waals surface area contributed by atoms with Gasteiger partial charge in [0.2, 0.25) is 5.91 Å². The van der Waals surface area contributed by atoms with Gasteiger partial charge in [-0.15, -0.1) is 11.3 Å². The summed E-state index contributed by atoms with van der Waals surface area (Å²) in [5.41, 5.74) is 1.17. The van der Waals surface area contributed by atoms with Crippen molar-refractivity contribution in [3.05, 3.63) is 15.6 Å². The van der Waals surface area contributed by atoms with E-state index in [1.807, 2.05) is 0 Å². The summed E-state index contributed by atoms with van der Waals surface area (Å²) in [7, 11) is 0. The van der Waals surface area contributed by atoms with Gasteiger partial charge in [-0.2, -0.15) is 0 Å². The minimum atomic E-state index is 0.233. The van der Waals surface area contributed by atoms with Gasteiger partial charge in [-0.05, 0) is 52.6 Å². The van der Waals surface area contributed by atoms with Crippen LogP contribution in [0.15, 0.2) is 0 Å². The Bertz CT molecular complexity index is 487. The van der Waals surface area contributed by atoms with E-state index in [0.29, 0.717) is 6.04 Å². The number of rotatable bonds is 4. The van der Waals surface area contributed by atoms with Crippen LogP contribution < -0.4 is 5.32 Å². The predicted octanol–water partition coefficient (Wildman–Crippen LogP) is 2.25. The van der Waals surface area contributed by atoms with Crippen LogP contribution in [0.5, 0.6) is 0 Å². The molecule has 0 atom stereocenters. The second-order valence-electron chi connectivity index (χ2n) is 6.07. The molecule has 0 aromatic carbocycles. The molecule has 20 heavy (non-hydrogen) atoms. The molecule has 1 saturated heterocycles. The van der Waals surface area contributed by atoms with Crippen molar-refractivity contribution in [1.29, 1.82) is 0 Å². The Balaban J connectivity index is 1.48. The van der Waals surface area contributed by atoms with Gasteiger partial charge in [0.1, 0.15) is 0 Å². The first-order chi connectivity index (χ1) is 9.61. The number of likely N-dealkylation sites (tertiary alicyclic amines) is 1. The Kier molecular flexibility index (Phi) is 4.08. The lowest BCUT2D eigenvalue weighted by atomic mass is 9.96. The number of aromatic nitrogens is 1. The smallest absolute Gasteiger partial charge is 0.223 e. The highest BCUT2D eigenvalue weighted by molar-refractivity contribution is 7.11. The summed E-state index contributed by atoms with van der Waals surface area (Å²) in [4.78, 5) is 20.4. The van der Waals surface area contributed by atoms with Crippen molar-refractivity contribution in [2.45, 2.75) is 52.1 Å². The molecule has 1 saturated carbocycles. The monoisotopic (exact) mass is 293 g/mol. The van der Waals surface area contributed by atoms with E-state index >= 15 is 0 Å². The molecule has 4 nitrogen and oxygen atoms in total. The maximum atomic E-state index is 12.0. The van der Waals surface area contributed by atoms with E-state index in [0.717, 1.165) is 37.5 Å². The largest absolute Gasteiger partial charge is 0.353 e. The van der Waals surface area contributed by atoms with Crippen molar-refractivity contribution in [1.82, 2.24) is 15.2 Å². The summed E-state index contributed by atoms with van der Waals surface area (Å²) in [5.74, 6) is 0.521. The molecule has 0 radical (unpaired) electrons. The third kappa shape index (κ3) is 3.38. The zero-order valence-corrected chi connectivity index (χ0v) is 13.1. The van der Waals surface area contributed by atoms with E-state index in [1.165, 1.54) is 23.4 Å². The first-order valence-electron chi connectivity index (χ1n) is 7.57. The summed E-state index contributed by atoms with van der Waals surface area (Å²) >= 11 is 1.80. The van der Waals surface area contributed by atoms with E-state index in [-0.39, 0.29) is 11.8 Å². The Labute approximate surface area is 124 Å². The molecular weight excluding hydrogens is 270 g/mol. The van der Waals surface area contributed by atoms with Gasteiger partial charge >= 0.3 is 0 Å². The van der Waals surface area contributed by atoms with E-state index in [1.54, 1.807) is 11.3 Å². The third-order valence-corrected chi connectivity index (χ3v) is 5.31. The Morgan fingerprint density at radius 3 is 2.55 bits per heavy atom. The maximum Gasteiger partial charge on any atom is 0.223 e. The summed E-state index contributed by atoms with van der Waals surface area (Å²) in [6.45, 7) is 7.21. The van der Waals surface area contributed by atoms with Crippen molar-refractivity contribution in [2.24, 2.45) is 5.92 Å². The number of hydrogen-bond donors (Lipinski definition) is 1.